The maximum Gasteiger partial charge on any atom is 0.261 e. The highest BCUT2D eigenvalue weighted by molar-refractivity contribution is 8.00. The molecule has 2 aromatic heterocycles. The van der Waals surface area contributed by atoms with Crippen LogP contribution in [0, 0.1) is 5.82 Å². The van der Waals surface area contributed by atoms with Crippen molar-refractivity contribution in [1.29, 1.82) is 0 Å². The van der Waals surface area contributed by atoms with E-state index in [1.165, 1.54) is 13.2 Å². The normalized spacial score (nSPS) is 16.3. The third-order valence-corrected chi connectivity index (χ3v) is 6.13. The average molecular weight is 460 g/mol. The van der Waals surface area contributed by atoms with Gasteiger partial charge >= 0.3 is 0 Å². The van der Waals surface area contributed by atoms with Gasteiger partial charge in [0.1, 0.15) is 11.4 Å². The summed E-state index contributed by atoms with van der Waals surface area (Å²) in [7, 11) is 3.00. The number of aromatic nitrogens is 2. The molecule has 1 saturated heterocycles. The van der Waals surface area contributed by atoms with Gasteiger partial charge in [0, 0.05) is 35.5 Å². The van der Waals surface area contributed by atoms with Crippen LogP contribution in [-0.4, -0.2) is 46.9 Å². The largest absolute Gasteiger partial charge is 0.495 e. The lowest BCUT2D eigenvalue weighted by atomic mass is 10.1. The first-order valence-electron chi connectivity index (χ1n) is 10.3. The quantitative estimate of drug-likeness (QED) is 0.554. The molecule has 0 spiro atoms. The predicted molar refractivity (Wildman–Crippen MR) is 121 cm³/mol. The number of ether oxygens (including phenoxy) is 3. The summed E-state index contributed by atoms with van der Waals surface area (Å²) in [4.78, 5) is 17.4. The van der Waals surface area contributed by atoms with Gasteiger partial charge in [-0.2, -0.15) is 0 Å². The molecule has 0 unspecified atom stereocenters. The molecule has 0 saturated carbocycles. The molecular weight excluding hydrogens is 433 g/mol. The van der Waals surface area contributed by atoms with E-state index in [1.54, 1.807) is 31.1 Å². The summed E-state index contributed by atoms with van der Waals surface area (Å²) in [5.74, 6) is 0.0757. The predicted octanol–water partition coefficient (Wildman–Crippen LogP) is 4.32. The van der Waals surface area contributed by atoms with Crippen LogP contribution in [0.5, 0.6) is 17.2 Å². The van der Waals surface area contributed by atoms with Gasteiger partial charge in [0.2, 0.25) is 0 Å². The first-order chi connectivity index (χ1) is 15.2. The minimum Gasteiger partial charge on any atom is -0.495 e. The Bertz CT molecular complexity index is 1170. The van der Waals surface area contributed by atoms with Crippen molar-refractivity contribution in [1.82, 2.24) is 14.7 Å². The number of imidazole rings is 1. The standard InChI is InChI=1S/C23H26FN3O4S/c1-23(2,3)32-19-12-27-15(11-26-20(27)10-17(19)29-4)13-8-14(24)21(30-5)18(9-13)31-16-6-7-25-22(16)28/h8-12,16H,6-7H2,1-5H3,(H,25,28)/t16-/m1/s1. The summed E-state index contributed by atoms with van der Waals surface area (Å²) in [5, 5.41) is 2.72. The van der Waals surface area contributed by atoms with Crippen LogP contribution in [-0.2, 0) is 4.79 Å². The highest BCUT2D eigenvalue weighted by Crippen LogP contribution is 2.40. The molecular formula is C23H26FN3O4S. The van der Waals surface area contributed by atoms with Gasteiger partial charge in [0.05, 0.1) is 31.0 Å². The molecule has 170 valence electrons. The number of fused-ring (bicyclic) bond motifs is 1. The zero-order valence-electron chi connectivity index (χ0n) is 18.7. The van der Waals surface area contributed by atoms with Gasteiger partial charge in [-0.1, -0.05) is 20.8 Å². The second kappa shape index (κ2) is 8.54. The Labute approximate surface area is 190 Å². The number of thioether (sulfide) groups is 1. The summed E-state index contributed by atoms with van der Waals surface area (Å²) in [6, 6.07) is 4.92. The maximum atomic E-state index is 14.9. The third-order valence-electron chi connectivity index (χ3n) is 4.99. The van der Waals surface area contributed by atoms with Crippen LogP contribution in [0.25, 0.3) is 16.9 Å². The van der Waals surface area contributed by atoms with Crippen molar-refractivity contribution in [2.45, 2.75) is 42.9 Å². The molecule has 1 aliphatic rings. The Kier molecular flexibility index (Phi) is 5.94. The molecule has 7 nitrogen and oxygen atoms in total. The lowest BCUT2D eigenvalue weighted by molar-refractivity contribution is -0.124. The number of hydrogen-bond acceptors (Lipinski definition) is 6. The number of halogens is 1. The molecule has 0 aliphatic carbocycles. The van der Waals surface area contributed by atoms with Crippen molar-refractivity contribution < 1.29 is 23.4 Å². The van der Waals surface area contributed by atoms with E-state index in [9.17, 15) is 9.18 Å². The SMILES string of the molecule is COc1cc2ncc(-c3cc(F)c(OC)c(O[C@@H]4CCNC4=O)c3)n2cc1SC(C)(C)C. The highest BCUT2D eigenvalue weighted by Gasteiger charge is 2.28. The van der Waals surface area contributed by atoms with E-state index >= 15 is 0 Å². The van der Waals surface area contributed by atoms with E-state index in [2.05, 4.69) is 31.1 Å². The number of rotatable bonds is 6. The summed E-state index contributed by atoms with van der Waals surface area (Å²) in [6.07, 6.45) is 3.45. The van der Waals surface area contributed by atoms with Crippen molar-refractivity contribution in [2.75, 3.05) is 20.8 Å². The second-order valence-corrected chi connectivity index (χ2v) is 10.3. The smallest absolute Gasteiger partial charge is 0.261 e. The molecule has 0 radical (unpaired) electrons. The van der Waals surface area contributed by atoms with Gasteiger partial charge in [0.15, 0.2) is 23.4 Å². The maximum absolute atomic E-state index is 14.9. The molecule has 1 fully saturated rings. The van der Waals surface area contributed by atoms with E-state index in [-0.39, 0.29) is 22.2 Å². The average Bonchev–Trinajstić information content (AvgIpc) is 3.31. The van der Waals surface area contributed by atoms with E-state index < -0.39 is 11.9 Å². The molecule has 1 aromatic carbocycles. The number of pyridine rings is 1. The number of carbonyl (C=O) groups is 1. The van der Waals surface area contributed by atoms with Crippen molar-refractivity contribution in [3.05, 3.63) is 36.4 Å². The van der Waals surface area contributed by atoms with Crippen LogP contribution in [0.3, 0.4) is 0 Å². The highest BCUT2D eigenvalue weighted by atomic mass is 32.2. The molecule has 0 bridgehead atoms. The van der Waals surface area contributed by atoms with Gasteiger partial charge in [-0.15, -0.1) is 11.8 Å². The number of nitrogens with one attached hydrogen (secondary N) is 1. The van der Waals surface area contributed by atoms with E-state index in [0.717, 1.165) is 10.6 Å². The summed E-state index contributed by atoms with van der Waals surface area (Å²) < 4.78 is 33.4. The first-order valence-corrected chi connectivity index (χ1v) is 11.1. The van der Waals surface area contributed by atoms with Gasteiger partial charge in [-0.25, -0.2) is 9.37 Å². The fraction of sp³-hybridized carbons (Fsp3) is 0.391. The van der Waals surface area contributed by atoms with Crippen molar-refractivity contribution in [2.24, 2.45) is 0 Å². The minimum atomic E-state index is -0.681. The lowest BCUT2D eigenvalue weighted by Crippen LogP contribution is -2.27. The fourth-order valence-corrected chi connectivity index (χ4v) is 4.67. The Morgan fingerprint density at radius 1 is 1.19 bits per heavy atom. The zero-order valence-corrected chi connectivity index (χ0v) is 19.5. The molecule has 1 amide bonds. The van der Waals surface area contributed by atoms with Crippen LogP contribution < -0.4 is 19.5 Å². The van der Waals surface area contributed by atoms with Crippen LogP contribution >= 0.6 is 11.8 Å². The molecule has 1 N–H and O–H groups in total. The minimum absolute atomic E-state index is 0.0310. The number of benzene rings is 1. The zero-order chi connectivity index (χ0) is 23.0. The summed E-state index contributed by atoms with van der Waals surface area (Å²) >= 11 is 1.67. The fourth-order valence-electron chi connectivity index (χ4n) is 3.61. The van der Waals surface area contributed by atoms with Crippen LogP contribution in [0.15, 0.2) is 35.5 Å². The number of methoxy groups -OCH3 is 2. The molecule has 9 heteroatoms. The number of nitrogens with zero attached hydrogens (tertiary/aromatic N) is 2. The van der Waals surface area contributed by atoms with Crippen molar-refractivity contribution >= 4 is 23.3 Å². The van der Waals surface area contributed by atoms with Gasteiger partial charge < -0.3 is 19.5 Å². The first kappa shape index (κ1) is 22.3. The monoisotopic (exact) mass is 459 g/mol. The number of carbonyl (C=O) groups excluding carboxylic acids is 1. The molecule has 3 aromatic rings. The van der Waals surface area contributed by atoms with Crippen molar-refractivity contribution in [3.63, 3.8) is 0 Å². The summed E-state index contributed by atoms with van der Waals surface area (Å²) in [6.45, 7) is 6.89. The van der Waals surface area contributed by atoms with Gasteiger partial charge in [-0.05, 0) is 12.1 Å². The molecule has 32 heavy (non-hydrogen) atoms. The molecule has 1 atom stereocenters. The van der Waals surface area contributed by atoms with Crippen LogP contribution in [0.1, 0.15) is 27.2 Å². The second-order valence-electron chi connectivity index (χ2n) is 8.47. The van der Waals surface area contributed by atoms with Crippen molar-refractivity contribution in [3.8, 4) is 28.5 Å². The number of hydrogen-bond donors (Lipinski definition) is 1. The lowest BCUT2D eigenvalue weighted by Gasteiger charge is -2.20. The Morgan fingerprint density at radius 2 is 1.97 bits per heavy atom. The van der Waals surface area contributed by atoms with Gasteiger partial charge in [-0.3, -0.25) is 9.20 Å². The third kappa shape index (κ3) is 4.34. The Hall–Kier alpha value is -2.94. The van der Waals surface area contributed by atoms with Gasteiger partial charge in [0.25, 0.3) is 5.91 Å². The number of amides is 1. The van der Waals surface area contributed by atoms with E-state index in [0.29, 0.717) is 29.9 Å². The van der Waals surface area contributed by atoms with Crippen LogP contribution in [0.4, 0.5) is 4.39 Å². The van der Waals surface area contributed by atoms with Crippen LogP contribution in [0.2, 0.25) is 0 Å². The molecule has 1 aliphatic heterocycles. The molecule has 4 rings (SSSR count). The van der Waals surface area contributed by atoms with E-state index in [1.807, 2.05) is 16.7 Å². The molecule has 3 heterocycles. The summed E-state index contributed by atoms with van der Waals surface area (Å²) in [5.41, 5.74) is 1.91. The Morgan fingerprint density at radius 3 is 2.59 bits per heavy atom. The van der Waals surface area contributed by atoms with E-state index in [4.69, 9.17) is 14.2 Å². The Balaban J connectivity index is 1.81. The topological polar surface area (TPSA) is 74.1 Å².